The topological polar surface area (TPSA) is 103 Å². The van der Waals surface area contributed by atoms with Gasteiger partial charge in [0.25, 0.3) is 0 Å². The number of hydrogen-bond donors (Lipinski definition) is 1. The number of nitrogens with one attached hydrogen (secondary N) is 1. The van der Waals surface area contributed by atoms with E-state index in [9.17, 15) is 31.2 Å². The number of halogens is 4. The molecule has 1 radical (unpaired) electrons. The fourth-order valence-electron chi connectivity index (χ4n) is 4.96. The first-order valence-electron chi connectivity index (χ1n) is 15.0. The van der Waals surface area contributed by atoms with Crippen molar-refractivity contribution in [1.29, 1.82) is 0 Å². The standard InChI is InChI=1S/C33H36AsF4N4O4S/c1-6-8-13-29(43)34-23-16-17-25(33(36,37)38)27(19-23)42-31(44)41(30(7-2)39-42)20-22-15-14-21(18-26(22)35)24-11-9-10-12-28(24)47(45,46)40-32(3,4)5/h9-12,14-19,40H,6-8,13,20H2,1-5H3. The molecule has 14 heteroatoms. The quantitative estimate of drug-likeness (QED) is 0.151. The summed E-state index contributed by atoms with van der Waals surface area (Å²) in [5.41, 5.74) is -2.63. The van der Waals surface area contributed by atoms with E-state index in [1.807, 2.05) is 6.92 Å². The Labute approximate surface area is 277 Å². The van der Waals surface area contributed by atoms with E-state index in [1.165, 1.54) is 30.3 Å². The first-order valence-corrected chi connectivity index (χ1v) is 18.4. The molecule has 1 heterocycles. The van der Waals surface area contributed by atoms with Gasteiger partial charge < -0.3 is 0 Å². The van der Waals surface area contributed by atoms with E-state index >= 15 is 4.39 Å². The van der Waals surface area contributed by atoms with Gasteiger partial charge in [-0.05, 0) is 26.8 Å². The molecule has 0 aliphatic rings. The van der Waals surface area contributed by atoms with Crippen molar-refractivity contribution >= 4 is 34.7 Å². The SMILES string of the molecule is CCCCC(=O)[As]c1ccc(C(F)(F)F)c(-n2nc(CC)n(Cc3ccc(-c4ccccc4S(=O)(=O)NC(C)(C)C)cc3F)c2=O)c1. The molecule has 1 N–H and O–H groups in total. The van der Waals surface area contributed by atoms with Crippen LogP contribution in [-0.4, -0.2) is 48.6 Å². The molecule has 0 unspecified atom stereocenters. The van der Waals surface area contributed by atoms with Crippen molar-refractivity contribution < 1.29 is 30.8 Å². The van der Waals surface area contributed by atoms with Crippen LogP contribution in [0.5, 0.6) is 0 Å². The molecule has 0 amide bonds. The second-order valence-electron chi connectivity index (χ2n) is 12.0. The van der Waals surface area contributed by atoms with Crippen LogP contribution in [0.4, 0.5) is 17.6 Å². The van der Waals surface area contributed by atoms with Gasteiger partial charge in [0.15, 0.2) is 0 Å². The third-order valence-electron chi connectivity index (χ3n) is 7.08. The summed E-state index contributed by atoms with van der Waals surface area (Å²) in [7, 11) is -3.96. The molecule has 3 aromatic carbocycles. The summed E-state index contributed by atoms with van der Waals surface area (Å²) in [6.07, 6.45) is -2.81. The van der Waals surface area contributed by atoms with E-state index in [0.29, 0.717) is 21.9 Å². The molecule has 0 saturated heterocycles. The number of nitrogens with zero attached hydrogens (tertiary/aromatic N) is 3. The van der Waals surface area contributed by atoms with E-state index in [4.69, 9.17) is 0 Å². The number of carbonyl (C=O) groups is 1. The zero-order chi connectivity index (χ0) is 34.7. The van der Waals surface area contributed by atoms with Crippen LogP contribution >= 0.6 is 0 Å². The normalized spacial score (nSPS) is 12.7. The Morgan fingerprint density at radius 2 is 1.70 bits per heavy atom. The first kappa shape index (κ1) is 36.3. The molecule has 0 atom stereocenters. The predicted molar refractivity (Wildman–Crippen MR) is 173 cm³/mol. The number of unbranched alkanes of at least 4 members (excludes halogenated alkanes) is 1. The van der Waals surface area contributed by atoms with Gasteiger partial charge >= 0.3 is 200 Å². The third-order valence-corrected chi connectivity index (χ3v) is 11.0. The molecular weight excluding hydrogens is 699 g/mol. The number of benzene rings is 3. The number of hydrogen-bond acceptors (Lipinski definition) is 5. The summed E-state index contributed by atoms with van der Waals surface area (Å²) in [5.74, 6) is -0.609. The summed E-state index contributed by atoms with van der Waals surface area (Å²) < 4.78 is 88.8. The van der Waals surface area contributed by atoms with Gasteiger partial charge in [0, 0.05) is 5.54 Å². The number of aryl methyl sites for hydroxylation is 1. The van der Waals surface area contributed by atoms with Crippen molar-refractivity contribution in [2.24, 2.45) is 0 Å². The van der Waals surface area contributed by atoms with Gasteiger partial charge in [0.1, 0.15) is 0 Å². The average Bonchev–Trinajstić information content (AvgIpc) is 3.29. The van der Waals surface area contributed by atoms with Crippen LogP contribution < -0.4 is 14.8 Å². The predicted octanol–water partition coefficient (Wildman–Crippen LogP) is 5.59. The van der Waals surface area contributed by atoms with Crippen LogP contribution in [-0.2, 0) is 34.0 Å². The molecule has 47 heavy (non-hydrogen) atoms. The van der Waals surface area contributed by atoms with E-state index in [-0.39, 0.29) is 44.9 Å². The molecule has 0 spiro atoms. The molecule has 0 saturated carbocycles. The summed E-state index contributed by atoms with van der Waals surface area (Å²) >= 11 is -1.08. The molecule has 251 valence electrons. The number of alkyl halides is 3. The number of sulfonamides is 1. The molecule has 0 aliphatic carbocycles. The van der Waals surface area contributed by atoms with Crippen molar-refractivity contribution in [3.8, 4) is 16.8 Å². The molecule has 0 aliphatic heterocycles. The summed E-state index contributed by atoms with van der Waals surface area (Å²) in [4.78, 5) is 26.0. The number of aromatic nitrogens is 3. The van der Waals surface area contributed by atoms with Gasteiger partial charge in [0.05, 0.1) is 4.90 Å². The van der Waals surface area contributed by atoms with Crippen molar-refractivity contribution in [2.45, 2.75) is 83.5 Å². The fourth-order valence-corrected chi connectivity index (χ4v) is 8.48. The number of carbonyl (C=O) groups excluding carboxylic acids is 1. The van der Waals surface area contributed by atoms with Crippen LogP contribution in [0.1, 0.15) is 70.8 Å². The first-order chi connectivity index (χ1) is 21.9. The zero-order valence-corrected chi connectivity index (χ0v) is 29.3. The van der Waals surface area contributed by atoms with E-state index < -0.39 is 60.2 Å². The van der Waals surface area contributed by atoms with Gasteiger partial charge in [-0.25, -0.2) is 13.1 Å². The summed E-state index contributed by atoms with van der Waals surface area (Å²) in [5, 5.41) is 4.20. The van der Waals surface area contributed by atoms with Crippen molar-refractivity contribution in [3.63, 3.8) is 0 Å². The molecule has 4 rings (SSSR count). The van der Waals surface area contributed by atoms with Crippen molar-refractivity contribution in [2.75, 3.05) is 0 Å². The van der Waals surface area contributed by atoms with E-state index in [2.05, 4.69) is 9.82 Å². The molecule has 8 nitrogen and oxygen atoms in total. The zero-order valence-electron chi connectivity index (χ0n) is 26.7. The van der Waals surface area contributed by atoms with Gasteiger partial charge in [-0.3, -0.25) is 0 Å². The Kier molecular flexibility index (Phi) is 11.0. The van der Waals surface area contributed by atoms with Crippen LogP contribution in [0.3, 0.4) is 0 Å². The van der Waals surface area contributed by atoms with Gasteiger partial charge in [-0.1, -0.05) is 18.2 Å². The van der Waals surface area contributed by atoms with Crippen molar-refractivity contribution in [1.82, 2.24) is 19.1 Å². The van der Waals surface area contributed by atoms with Crippen LogP contribution in [0, 0.1) is 5.82 Å². The van der Waals surface area contributed by atoms with E-state index in [1.54, 1.807) is 45.9 Å². The molecule has 0 fully saturated rings. The maximum absolute atomic E-state index is 15.6. The van der Waals surface area contributed by atoms with Crippen LogP contribution in [0.25, 0.3) is 16.8 Å². The Bertz CT molecular complexity index is 1950. The van der Waals surface area contributed by atoms with Gasteiger partial charge in [0.2, 0.25) is 10.0 Å². The van der Waals surface area contributed by atoms with Crippen molar-refractivity contribution in [3.05, 3.63) is 93.9 Å². The van der Waals surface area contributed by atoms with E-state index in [0.717, 1.165) is 23.1 Å². The Balaban J connectivity index is 1.73. The van der Waals surface area contributed by atoms with Crippen LogP contribution in [0.15, 0.2) is 70.4 Å². The van der Waals surface area contributed by atoms with Gasteiger partial charge in [-0.15, -0.1) is 0 Å². The third kappa shape index (κ3) is 8.68. The second kappa shape index (κ2) is 14.3. The summed E-state index contributed by atoms with van der Waals surface area (Å²) in [6.45, 7) is 8.38. The number of rotatable bonds is 12. The average molecular weight is 736 g/mol. The minimum absolute atomic E-state index is 0.0365. The Morgan fingerprint density at radius 1 is 1.00 bits per heavy atom. The maximum atomic E-state index is 15.6. The molecule has 4 aromatic rings. The molecule has 1 aromatic heterocycles. The Morgan fingerprint density at radius 3 is 2.32 bits per heavy atom. The fraction of sp³-hybridized carbons (Fsp3) is 0.364. The summed E-state index contributed by atoms with van der Waals surface area (Å²) in [6, 6.07) is 13.6. The Hall–Kier alpha value is -3.54. The van der Waals surface area contributed by atoms with Crippen LogP contribution in [0.2, 0.25) is 0 Å². The second-order valence-corrected chi connectivity index (χ2v) is 16.3. The molecular formula is C33H36AsF4N4O4S. The monoisotopic (exact) mass is 735 g/mol. The van der Waals surface area contributed by atoms with Gasteiger partial charge in [-0.2, -0.15) is 0 Å². The molecule has 0 bridgehead atoms. The minimum atomic E-state index is -4.81.